The fraction of sp³-hybridized carbons (Fsp3) is 0.318. The van der Waals surface area contributed by atoms with E-state index >= 15 is 0 Å². The molecule has 0 aromatic heterocycles. The largest absolute Gasteiger partial charge is 0.331 e. The van der Waals surface area contributed by atoms with E-state index in [1.54, 1.807) is 60.3 Å². The molecule has 1 saturated heterocycles. The Kier molecular flexibility index (Phi) is 7.03. The molecule has 0 aliphatic carbocycles. The standard InChI is InChI=1S/C22H27N5O3/c1-25(2)22(30)27-14-12-26(13-15-27)16-20(28)24-19-11-7-6-10-18(19)21(29)23-17-8-4-3-5-9-17/h3-11H,12-16H2,1-2H3,(H,23,29)(H,24,28). The van der Waals surface area contributed by atoms with Crippen molar-refractivity contribution >= 4 is 29.2 Å². The minimum Gasteiger partial charge on any atom is -0.331 e. The quantitative estimate of drug-likeness (QED) is 0.793. The van der Waals surface area contributed by atoms with E-state index in [1.807, 2.05) is 23.1 Å². The number of piperazine rings is 1. The summed E-state index contributed by atoms with van der Waals surface area (Å²) in [7, 11) is 3.46. The van der Waals surface area contributed by atoms with Gasteiger partial charge in [0.25, 0.3) is 5.91 Å². The maximum Gasteiger partial charge on any atom is 0.319 e. The zero-order valence-corrected chi connectivity index (χ0v) is 17.3. The summed E-state index contributed by atoms with van der Waals surface area (Å²) < 4.78 is 0. The predicted molar refractivity (Wildman–Crippen MR) is 117 cm³/mol. The van der Waals surface area contributed by atoms with Gasteiger partial charge in [0.15, 0.2) is 0 Å². The monoisotopic (exact) mass is 409 g/mol. The molecular formula is C22H27N5O3. The number of anilines is 2. The van der Waals surface area contributed by atoms with Gasteiger partial charge in [-0.25, -0.2) is 4.79 Å². The number of para-hydroxylation sites is 2. The number of carbonyl (C=O) groups is 3. The summed E-state index contributed by atoms with van der Waals surface area (Å²) in [4.78, 5) is 42.6. The smallest absolute Gasteiger partial charge is 0.319 e. The summed E-state index contributed by atoms with van der Waals surface area (Å²) in [5.74, 6) is -0.477. The molecule has 158 valence electrons. The first-order valence-electron chi connectivity index (χ1n) is 9.88. The van der Waals surface area contributed by atoms with Gasteiger partial charge in [-0.1, -0.05) is 30.3 Å². The van der Waals surface area contributed by atoms with Crippen molar-refractivity contribution in [1.82, 2.24) is 14.7 Å². The Labute approximate surface area is 176 Å². The van der Waals surface area contributed by atoms with Gasteiger partial charge in [0.05, 0.1) is 17.8 Å². The highest BCUT2D eigenvalue weighted by Crippen LogP contribution is 2.17. The number of benzene rings is 2. The first-order chi connectivity index (χ1) is 14.4. The van der Waals surface area contributed by atoms with Crippen molar-refractivity contribution < 1.29 is 14.4 Å². The number of nitrogens with one attached hydrogen (secondary N) is 2. The van der Waals surface area contributed by atoms with Crippen molar-refractivity contribution in [1.29, 1.82) is 0 Å². The molecule has 2 aromatic carbocycles. The highest BCUT2D eigenvalue weighted by atomic mass is 16.2. The van der Waals surface area contributed by atoms with Gasteiger partial charge in [-0.2, -0.15) is 0 Å². The fourth-order valence-corrected chi connectivity index (χ4v) is 3.28. The third-order valence-electron chi connectivity index (χ3n) is 4.87. The zero-order chi connectivity index (χ0) is 21.5. The van der Waals surface area contributed by atoms with Crippen molar-refractivity contribution in [3.63, 3.8) is 0 Å². The molecule has 0 saturated carbocycles. The summed E-state index contributed by atoms with van der Waals surface area (Å²) in [6.07, 6.45) is 0. The van der Waals surface area contributed by atoms with Crippen LogP contribution in [-0.2, 0) is 4.79 Å². The Morgan fingerprint density at radius 2 is 1.50 bits per heavy atom. The lowest BCUT2D eigenvalue weighted by Gasteiger charge is -2.35. The highest BCUT2D eigenvalue weighted by molar-refractivity contribution is 6.10. The molecule has 0 bridgehead atoms. The second kappa shape index (κ2) is 9.89. The lowest BCUT2D eigenvalue weighted by atomic mass is 10.1. The minimum atomic E-state index is -0.284. The van der Waals surface area contributed by atoms with E-state index in [2.05, 4.69) is 10.6 Å². The maximum absolute atomic E-state index is 12.6. The molecule has 0 radical (unpaired) electrons. The summed E-state index contributed by atoms with van der Waals surface area (Å²) in [6, 6.07) is 16.1. The van der Waals surface area contributed by atoms with Crippen LogP contribution in [0.2, 0.25) is 0 Å². The fourth-order valence-electron chi connectivity index (χ4n) is 3.28. The number of urea groups is 1. The summed E-state index contributed by atoms with van der Waals surface area (Å²) in [5.41, 5.74) is 1.56. The third-order valence-corrected chi connectivity index (χ3v) is 4.87. The number of nitrogens with zero attached hydrogens (tertiary/aromatic N) is 3. The van der Waals surface area contributed by atoms with Gasteiger partial charge in [0.1, 0.15) is 0 Å². The Hall–Kier alpha value is -3.39. The zero-order valence-electron chi connectivity index (χ0n) is 17.3. The van der Waals surface area contributed by atoms with Crippen LogP contribution in [0, 0.1) is 0 Å². The molecule has 30 heavy (non-hydrogen) atoms. The van der Waals surface area contributed by atoms with Crippen molar-refractivity contribution in [3.8, 4) is 0 Å². The number of carbonyl (C=O) groups excluding carboxylic acids is 3. The van der Waals surface area contributed by atoms with Gasteiger partial charge in [-0.05, 0) is 24.3 Å². The van der Waals surface area contributed by atoms with E-state index in [0.29, 0.717) is 43.1 Å². The van der Waals surface area contributed by atoms with Crippen molar-refractivity contribution in [2.75, 3.05) is 57.5 Å². The molecule has 8 nitrogen and oxygen atoms in total. The van der Waals surface area contributed by atoms with Gasteiger partial charge in [-0.15, -0.1) is 0 Å². The first-order valence-corrected chi connectivity index (χ1v) is 9.88. The Morgan fingerprint density at radius 3 is 2.17 bits per heavy atom. The van der Waals surface area contributed by atoms with Gasteiger partial charge < -0.3 is 20.4 Å². The average Bonchev–Trinajstić information content (AvgIpc) is 2.74. The van der Waals surface area contributed by atoms with Gasteiger partial charge >= 0.3 is 6.03 Å². The lowest BCUT2D eigenvalue weighted by molar-refractivity contribution is -0.117. The van der Waals surface area contributed by atoms with E-state index in [9.17, 15) is 14.4 Å². The predicted octanol–water partition coefficient (Wildman–Crippen LogP) is 2.18. The molecule has 0 spiro atoms. The van der Waals surface area contributed by atoms with E-state index < -0.39 is 0 Å². The molecule has 4 amide bonds. The van der Waals surface area contributed by atoms with E-state index in [0.717, 1.165) is 0 Å². The van der Waals surface area contributed by atoms with Crippen LogP contribution in [0.3, 0.4) is 0 Å². The molecule has 2 aromatic rings. The van der Waals surface area contributed by atoms with Crippen molar-refractivity contribution in [3.05, 3.63) is 60.2 Å². The Bertz CT molecular complexity index is 893. The number of hydrogen-bond acceptors (Lipinski definition) is 4. The molecule has 0 unspecified atom stereocenters. The average molecular weight is 409 g/mol. The normalized spacial score (nSPS) is 14.1. The second-order valence-electron chi connectivity index (χ2n) is 7.35. The third kappa shape index (κ3) is 5.57. The van der Waals surface area contributed by atoms with Crippen LogP contribution < -0.4 is 10.6 Å². The van der Waals surface area contributed by atoms with Crippen LogP contribution in [-0.4, -0.2) is 79.4 Å². The second-order valence-corrected chi connectivity index (χ2v) is 7.35. The van der Waals surface area contributed by atoms with Crippen LogP contribution in [0.15, 0.2) is 54.6 Å². The van der Waals surface area contributed by atoms with Gasteiger partial charge in [0.2, 0.25) is 5.91 Å². The summed E-state index contributed by atoms with van der Waals surface area (Å²) >= 11 is 0. The van der Waals surface area contributed by atoms with Crippen molar-refractivity contribution in [2.24, 2.45) is 0 Å². The molecule has 2 N–H and O–H groups in total. The maximum atomic E-state index is 12.6. The van der Waals surface area contributed by atoms with E-state index in [4.69, 9.17) is 0 Å². The molecule has 1 aliphatic rings. The molecule has 0 atom stereocenters. The molecule has 3 rings (SSSR count). The van der Waals surface area contributed by atoms with Gasteiger partial charge in [0, 0.05) is 46.0 Å². The topological polar surface area (TPSA) is 85.0 Å². The van der Waals surface area contributed by atoms with Crippen LogP contribution in [0.1, 0.15) is 10.4 Å². The SMILES string of the molecule is CN(C)C(=O)N1CCN(CC(=O)Nc2ccccc2C(=O)Nc2ccccc2)CC1. The van der Waals surface area contributed by atoms with Crippen LogP contribution in [0.25, 0.3) is 0 Å². The van der Waals surface area contributed by atoms with Crippen molar-refractivity contribution in [2.45, 2.75) is 0 Å². The van der Waals surface area contributed by atoms with Crippen LogP contribution >= 0.6 is 0 Å². The summed E-state index contributed by atoms with van der Waals surface area (Å²) in [5, 5.41) is 5.68. The Balaban J connectivity index is 1.56. The molecule has 1 fully saturated rings. The minimum absolute atomic E-state index is 0.0162. The van der Waals surface area contributed by atoms with Crippen LogP contribution in [0.4, 0.5) is 16.2 Å². The van der Waals surface area contributed by atoms with E-state index in [1.165, 1.54) is 0 Å². The van der Waals surface area contributed by atoms with E-state index in [-0.39, 0.29) is 24.4 Å². The number of rotatable bonds is 5. The van der Waals surface area contributed by atoms with Gasteiger partial charge in [-0.3, -0.25) is 14.5 Å². The molecule has 1 heterocycles. The molecule has 1 aliphatic heterocycles. The van der Waals surface area contributed by atoms with Crippen LogP contribution in [0.5, 0.6) is 0 Å². The number of amides is 4. The molecular weight excluding hydrogens is 382 g/mol. The lowest BCUT2D eigenvalue weighted by Crippen LogP contribution is -2.52. The number of hydrogen-bond donors (Lipinski definition) is 2. The highest BCUT2D eigenvalue weighted by Gasteiger charge is 2.23. The first kappa shape index (κ1) is 21.3. The molecule has 8 heteroatoms. The Morgan fingerprint density at radius 1 is 0.867 bits per heavy atom. The summed E-state index contributed by atoms with van der Waals surface area (Å²) in [6.45, 7) is 2.63.